The molecule has 15 heavy (non-hydrogen) atoms. The molecule has 0 bridgehead atoms. The van der Waals surface area contributed by atoms with Gasteiger partial charge in [-0.2, -0.15) is 5.10 Å². The number of aromatic amines is 1. The van der Waals surface area contributed by atoms with Crippen LogP contribution < -0.4 is 5.32 Å². The smallest absolute Gasteiger partial charge is 0.152 e. The Morgan fingerprint density at radius 3 is 3.00 bits per heavy atom. The van der Waals surface area contributed by atoms with Gasteiger partial charge in [-0.15, -0.1) is 0 Å². The van der Waals surface area contributed by atoms with E-state index in [0.29, 0.717) is 6.04 Å². The van der Waals surface area contributed by atoms with Crippen molar-refractivity contribution in [3.05, 3.63) is 24.0 Å². The monoisotopic (exact) mass is 203 g/mol. The van der Waals surface area contributed by atoms with Crippen LogP contribution in [0.15, 0.2) is 22.6 Å². The van der Waals surface area contributed by atoms with E-state index in [-0.39, 0.29) is 0 Å². The number of hydrogen-bond donors (Lipinski definition) is 2. The number of aryl methyl sites for hydroxylation is 1. The molecule has 0 unspecified atom stereocenters. The Hall–Kier alpha value is -1.71. The minimum absolute atomic E-state index is 0.625. The van der Waals surface area contributed by atoms with E-state index in [1.165, 1.54) is 12.8 Å². The van der Waals surface area contributed by atoms with Crippen LogP contribution in [0.25, 0.3) is 11.5 Å². The molecule has 0 atom stereocenters. The van der Waals surface area contributed by atoms with Crippen LogP contribution in [0.1, 0.15) is 18.6 Å². The van der Waals surface area contributed by atoms with Gasteiger partial charge < -0.3 is 9.73 Å². The molecule has 1 fully saturated rings. The molecule has 2 aromatic rings. The molecule has 1 aliphatic carbocycles. The van der Waals surface area contributed by atoms with E-state index in [0.717, 1.165) is 23.0 Å². The van der Waals surface area contributed by atoms with Gasteiger partial charge in [0, 0.05) is 12.1 Å². The number of H-pyrrole nitrogens is 1. The standard InChI is InChI=1S/C11H13N3O/c1-7-2-5-10(15-7)9-6-11(14-13-9)12-8-3-4-8/h2,5-6,8H,3-4H2,1H3,(H2,12,13,14). The maximum atomic E-state index is 5.50. The molecule has 0 radical (unpaired) electrons. The number of hydrogen-bond acceptors (Lipinski definition) is 3. The zero-order valence-corrected chi connectivity index (χ0v) is 8.58. The summed E-state index contributed by atoms with van der Waals surface area (Å²) in [7, 11) is 0. The van der Waals surface area contributed by atoms with Gasteiger partial charge in [-0.25, -0.2) is 0 Å². The molecule has 4 nitrogen and oxygen atoms in total. The molecule has 0 amide bonds. The van der Waals surface area contributed by atoms with E-state index in [1.54, 1.807) is 0 Å². The Kier molecular flexibility index (Phi) is 1.80. The summed E-state index contributed by atoms with van der Waals surface area (Å²) in [5, 5.41) is 10.5. The zero-order chi connectivity index (χ0) is 10.3. The second-order valence-corrected chi connectivity index (χ2v) is 4.00. The van der Waals surface area contributed by atoms with Gasteiger partial charge in [0.15, 0.2) is 5.76 Å². The molecule has 78 valence electrons. The summed E-state index contributed by atoms with van der Waals surface area (Å²) >= 11 is 0. The van der Waals surface area contributed by atoms with Crippen LogP contribution in [0.5, 0.6) is 0 Å². The van der Waals surface area contributed by atoms with Crippen molar-refractivity contribution < 1.29 is 4.42 Å². The fourth-order valence-electron chi connectivity index (χ4n) is 1.54. The number of furan rings is 1. The summed E-state index contributed by atoms with van der Waals surface area (Å²) in [6.07, 6.45) is 2.50. The first-order valence-electron chi connectivity index (χ1n) is 5.20. The predicted octanol–water partition coefficient (Wildman–Crippen LogP) is 2.55. The van der Waals surface area contributed by atoms with E-state index in [2.05, 4.69) is 15.5 Å². The lowest BCUT2D eigenvalue weighted by atomic mass is 10.3. The molecule has 0 aliphatic heterocycles. The van der Waals surface area contributed by atoms with Crippen LogP contribution >= 0.6 is 0 Å². The van der Waals surface area contributed by atoms with Gasteiger partial charge in [-0.1, -0.05) is 0 Å². The highest BCUT2D eigenvalue weighted by molar-refractivity contribution is 5.57. The van der Waals surface area contributed by atoms with E-state index < -0.39 is 0 Å². The van der Waals surface area contributed by atoms with Crippen LogP contribution in [-0.2, 0) is 0 Å². The normalized spacial score (nSPS) is 15.5. The highest BCUT2D eigenvalue weighted by Gasteiger charge is 2.21. The summed E-state index contributed by atoms with van der Waals surface area (Å²) in [6, 6.07) is 6.50. The van der Waals surface area contributed by atoms with Crippen LogP contribution in [0.2, 0.25) is 0 Å². The molecule has 0 aromatic carbocycles. The largest absolute Gasteiger partial charge is 0.460 e. The third-order valence-corrected chi connectivity index (χ3v) is 2.51. The lowest BCUT2D eigenvalue weighted by Gasteiger charge is -1.95. The Morgan fingerprint density at radius 2 is 2.33 bits per heavy atom. The van der Waals surface area contributed by atoms with Crippen molar-refractivity contribution in [2.75, 3.05) is 5.32 Å². The van der Waals surface area contributed by atoms with Crippen LogP contribution in [0.4, 0.5) is 5.82 Å². The third-order valence-electron chi connectivity index (χ3n) is 2.51. The minimum atomic E-state index is 0.625. The Morgan fingerprint density at radius 1 is 1.47 bits per heavy atom. The van der Waals surface area contributed by atoms with Gasteiger partial charge in [-0.3, -0.25) is 5.10 Å². The molecule has 2 N–H and O–H groups in total. The van der Waals surface area contributed by atoms with Crippen molar-refractivity contribution in [3.8, 4) is 11.5 Å². The van der Waals surface area contributed by atoms with Crippen molar-refractivity contribution >= 4 is 5.82 Å². The number of aromatic nitrogens is 2. The van der Waals surface area contributed by atoms with Crippen molar-refractivity contribution in [3.63, 3.8) is 0 Å². The average Bonchev–Trinajstić information content (AvgIpc) is 2.74. The predicted molar refractivity (Wildman–Crippen MR) is 57.7 cm³/mol. The molecule has 0 spiro atoms. The fourth-order valence-corrected chi connectivity index (χ4v) is 1.54. The van der Waals surface area contributed by atoms with Crippen LogP contribution in [0, 0.1) is 6.92 Å². The first-order chi connectivity index (χ1) is 7.31. The summed E-state index contributed by atoms with van der Waals surface area (Å²) in [5.74, 6) is 2.65. The number of rotatable bonds is 3. The molecular formula is C11H13N3O. The SMILES string of the molecule is Cc1ccc(-c2cc(NC3CC3)n[nH]2)o1. The van der Waals surface area contributed by atoms with Crippen molar-refractivity contribution in [1.29, 1.82) is 0 Å². The second kappa shape index (κ2) is 3.15. The first-order valence-corrected chi connectivity index (χ1v) is 5.20. The van der Waals surface area contributed by atoms with E-state index in [4.69, 9.17) is 4.42 Å². The average molecular weight is 203 g/mol. The van der Waals surface area contributed by atoms with Gasteiger partial charge in [0.2, 0.25) is 0 Å². The summed E-state index contributed by atoms with van der Waals surface area (Å²) in [6.45, 7) is 1.93. The van der Waals surface area contributed by atoms with Crippen molar-refractivity contribution in [1.82, 2.24) is 10.2 Å². The maximum Gasteiger partial charge on any atom is 0.152 e. The van der Waals surface area contributed by atoms with Crippen molar-refractivity contribution in [2.45, 2.75) is 25.8 Å². The lowest BCUT2D eigenvalue weighted by molar-refractivity contribution is 0.546. The van der Waals surface area contributed by atoms with Crippen LogP contribution in [0.3, 0.4) is 0 Å². The first kappa shape index (κ1) is 8.59. The molecule has 0 saturated heterocycles. The molecule has 1 saturated carbocycles. The molecule has 2 aromatic heterocycles. The molecule has 4 heteroatoms. The van der Waals surface area contributed by atoms with E-state index in [1.807, 2.05) is 25.1 Å². The molecule has 3 rings (SSSR count). The van der Waals surface area contributed by atoms with E-state index >= 15 is 0 Å². The van der Waals surface area contributed by atoms with Gasteiger partial charge in [0.1, 0.15) is 17.3 Å². The summed E-state index contributed by atoms with van der Waals surface area (Å²) in [5.41, 5.74) is 0.922. The van der Waals surface area contributed by atoms with Crippen molar-refractivity contribution in [2.24, 2.45) is 0 Å². The number of nitrogens with one attached hydrogen (secondary N) is 2. The van der Waals surface area contributed by atoms with Crippen LogP contribution in [-0.4, -0.2) is 16.2 Å². The molecule has 1 aliphatic rings. The lowest BCUT2D eigenvalue weighted by Crippen LogP contribution is -2.00. The topological polar surface area (TPSA) is 53.9 Å². The Balaban J connectivity index is 1.82. The third kappa shape index (κ3) is 1.75. The second-order valence-electron chi connectivity index (χ2n) is 4.00. The summed E-state index contributed by atoms with van der Waals surface area (Å²) < 4.78 is 5.50. The van der Waals surface area contributed by atoms with Gasteiger partial charge in [-0.05, 0) is 31.9 Å². The molecular weight excluding hydrogens is 190 g/mol. The molecule has 2 heterocycles. The Labute approximate surface area is 87.7 Å². The summed E-state index contributed by atoms with van der Waals surface area (Å²) in [4.78, 5) is 0. The maximum absolute atomic E-state index is 5.50. The minimum Gasteiger partial charge on any atom is -0.460 e. The van der Waals surface area contributed by atoms with Gasteiger partial charge in [0.25, 0.3) is 0 Å². The van der Waals surface area contributed by atoms with Gasteiger partial charge >= 0.3 is 0 Å². The van der Waals surface area contributed by atoms with E-state index in [9.17, 15) is 0 Å². The number of nitrogens with zero attached hydrogens (tertiary/aromatic N) is 1. The highest BCUT2D eigenvalue weighted by atomic mass is 16.3. The zero-order valence-electron chi connectivity index (χ0n) is 8.58. The quantitative estimate of drug-likeness (QED) is 0.806. The van der Waals surface area contributed by atoms with Gasteiger partial charge in [0.05, 0.1) is 0 Å². The fraction of sp³-hybridized carbons (Fsp3) is 0.364. The Bertz CT molecular complexity index is 468. The highest BCUT2D eigenvalue weighted by Crippen LogP contribution is 2.26. The number of anilines is 1.